The van der Waals surface area contributed by atoms with Crippen LogP contribution in [0.2, 0.25) is 0 Å². The summed E-state index contributed by atoms with van der Waals surface area (Å²) in [6, 6.07) is 11.8. The van der Waals surface area contributed by atoms with Crippen molar-refractivity contribution in [2.75, 3.05) is 44.6 Å². The number of hydrogen-bond donors (Lipinski definition) is 2. The normalized spacial score (nSPS) is 18.2. The molecule has 1 amide bonds. The van der Waals surface area contributed by atoms with E-state index in [1.165, 1.54) is 68.3 Å². The lowest BCUT2D eigenvalue weighted by Gasteiger charge is -2.30. The molecule has 0 bridgehead atoms. The highest BCUT2D eigenvalue weighted by Gasteiger charge is 2.33. The first-order chi connectivity index (χ1) is 18.9. The molecular weight excluding hydrogens is 501 g/mol. The number of halogens is 3. The molecule has 3 aliphatic rings. The molecule has 5 rings (SSSR count). The van der Waals surface area contributed by atoms with Gasteiger partial charge in [-0.25, -0.2) is 0 Å². The van der Waals surface area contributed by atoms with Crippen LogP contribution in [-0.4, -0.2) is 55.0 Å². The second-order valence-electron chi connectivity index (χ2n) is 11.6. The molecule has 5 nitrogen and oxygen atoms in total. The molecular formula is C31H41F3N4O. The highest BCUT2D eigenvalue weighted by molar-refractivity contribution is 5.81. The summed E-state index contributed by atoms with van der Waals surface area (Å²) in [5.41, 5.74) is 2.96. The summed E-state index contributed by atoms with van der Waals surface area (Å²) < 4.78 is 41.0. The molecule has 2 aromatic carbocycles. The average Bonchev–Trinajstić information content (AvgIpc) is 3.58. The Morgan fingerprint density at radius 2 is 1.79 bits per heavy atom. The van der Waals surface area contributed by atoms with Crippen LogP contribution in [0.1, 0.15) is 60.8 Å². The number of hydrogen-bond acceptors (Lipinski definition) is 4. The van der Waals surface area contributed by atoms with E-state index in [-0.39, 0.29) is 24.6 Å². The molecule has 8 heteroatoms. The van der Waals surface area contributed by atoms with Crippen molar-refractivity contribution in [1.82, 2.24) is 15.1 Å². The Kier molecular flexibility index (Phi) is 9.13. The molecule has 39 heavy (non-hydrogen) atoms. The van der Waals surface area contributed by atoms with Gasteiger partial charge in [0.2, 0.25) is 5.91 Å². The van der Waals surface area contributed by atoms with Crippen molar-refractivity contribution in [3.8, 4) is 0 Å². The van der Waals surface area contributed by atoms with Crippen LogP contribution < -0.4 is 10.6 Å². The van der Waals surface area contributed by atoms with E-state index in [4.69, 9.17) is 0 Å². The maximum atomic E-state index is 13.7. The van der Waals surface area contributed by atoms with Gasteiger partial charge in [-0.3, -0.25) is 9.69 Å². The summed E-state index contributed by atoms with van der Waals surface area (Å²) >= 11 is 0. The third-order valence-corrected chi connectivity index (χ3v) is 8.49. The van der Waals surface area contributed by atoms with Crippen LogP contribution >= 0.6 is 0 Å². The minimum Gasteiger partial charge on any atom is -0.376 e. The number of carbonyl (C=O) groups excluding carboxylic acids is 1. The minimum atomic E-state index is -4.46. The summed E-state index contributed by atoms with van der Waals surface area (Å²) in [5.74, 6) is 1.32. The Labute approximate surface area is 230 Å². The molecule has 0 saturated heterocycles. The van der Waals surface area contributed by atoms with Crippen LogP contribution in [0.15, 0.2) is 42.5 Å². The first-order valence-electron chi connectivity index (χ1n) is 14.6. The molecule has 212 valence electrons. The number of amides is 1. The second kappa shape index (κ2) is 12.7. The number of fused-ring (bicyclic) bond motifs is 1. The van der Waals surface area contributed by atoms with Crippen LogP contribution in [0.3, 0.4) is 0 Å². The van der Waals surface area contributed by atoms with Crippen molar-refractivity contribution in [3.05, 3.63) is 64.7 Å². The molecule has 1 heterocycles. The summed E-state index contributed by atoms with van der Waals surface area (Å²) in [5, 5.41) is 6.77. The van der Waals surface area contributed by atoms with Crippen LogP contribution in [0.25, 0.3) is 0 Å². The van der Waals surface area contributed by atoms with Crippen LogP contribution in [0, 0.1) is 11.8 Å². The Morgan fingerprint density at radius 1 is 1.00 bits per heavy atom. The van der Waals surface area contributed by atoms with Crippen molar-refractivity contribution in [2.45, 2.75) is 64.2 Å². The summed E-state index contributed by atoms with van der Waals surface area (Å²) in [7, 11) is 0. The van der Waals surface area contributed by atoms with Gasteiger partial charge in [0, 0.05) is 45.0 Å². The summed E-state index contributed by atoms with van der Waals surface area (Å²) in [4.78, 5) is 17.5. The van der Waals surface area contributed by atoms with E-state index < -0.39 is 11.7 Å². The topological polar surface area (TPSA) is 47.6 Å². The molecule has 0 atom stereocenters. The summed E-state index contributed by atoms with van der Waals surface area (Å²) in [6.45, 7) is 4.93. The van der Waals surface area contributed by atoms with Gasteiger partial charge in [0.25, 0.3) is 0 Å². The smallest absolute Gasteiger partial charge is 0.376 e. The molecule has 2 N–H and O–H groups in total. The van der Waals surface area contributed by atoms with Crippen molar-refractivity contribution in [1.29, 1.82) is 0 Å². The Hall–Kier alpha value is -2.58. The Balaban J connectivity index is 1.23. The Morgan fingerprint density at radius 3 is 2.56 bits per heavy atom. The van der Waals surface area contributed by atoms with Gasteiger partial charge in [0.1, 0.15) is 0 Å². The number of nitrogens with zero attached hydrogens (tertiary/aromatic N) is 2. The van der Waals surface area contributed by atoms with Crippen molar-refractivity contribution >= 4 is 11.6 Å². The predicted molar refractivity (Wildman–Crippen MR) is 148 cm³/mol. The maximum absolute atomic E-state index is 13.7. The zero-order chi connectivity index (χ0) is 27.2. The molecule has 2 aromatic rings. The number of alkyl halides is 3. The highest BCUT2D eigenvalue weighted by Crippen LogP contribution is 2.34. The molecule has 1 aliphatic heterocycles. The number of nitrogens with one attached hydrogen (secondary N) is 2. The number of rotatable bonds is 12. The van der Waals surface area contributed by atoms with Crippen LogP contribution in [0.4, 0.5) is 18.9 Å². The fraction of sp³-hybridized carbons (Fsp3) is 0.581. The highest BCUT2D eigenvalue weighted by atomic mass is 19.4. The fourth-order valence-electron chi connectivity index (χ4n) is 6.10. The van der Waals surface area contributed by atoms with E-state index in [1.807, 2.05) is 12.1 Å². The monoisotopic (exact) mass is 542 g/mol. The quantitative estimate of drug-likeness (QED) is 0.338. The molecule has 0 unspecified atom stereocenters. The van der Waals surface area contributed by atoms with E-state index in [9.17, 15) is 18.0 Å². The zero-order valence-electron chi connectivity index (χ0n) is 22.7. The van der Waals surface area contributed by atoms with E-state index in [0.29, 0.717) is 19.0 Å². The first-order valence-corrected chi connectivity index (χ1v) is 14.6. The first kappa shape index (κ1) is 28.0. The lowest BCUT2D eigenvalue weighted by atomic mass is 9.97. The predicted octanol–water partition coefficient (Wildman–Crippen LogP) is 5.69. The maximum Gasteiger partial charge on any atom is 0.416 e. The van der Waals surface area contributed by atoms with Gasteiger partial charge >= 0.3 is 6.18 Å². The zero-order valence-corrected chi connectivity index (χ0v) is 22.7. The number of benzene rings is 2. The standard InChI is InChI=1S/C31H41F3N4O/c32-31(33,34)28-10-4-3-8-26(28)22-38(17-15-35-18-23-6-1-2-7-23)30(39)19-36-29-11-5-9-25-21-37(16-14-27(25)29)20-24-12-13-24/h3-5,8-11,23-24,35-36H,1-2,6-7,12-22H2. The minimum absolute atomic E-state index is 0.0546. The largest absolute Gasteiger partial charge is 0.416 e. The van der Waals surface area contributed by atoms with E-state index in [1.54, 1.807) is 11.0 Å². The SMILES string of the molecule is O=C(CNc1cccc2c1CCN(CC1CC1)C2)N(CCNCC1CCCC1)Cc1ccccc1C(F)(F)F. The van der Waals surface area contributed by atoms with Crippen molar-refractivity contribution < 1.29 is 18.0 Å². The van der Waals surface area contributed by atoms with Crippen molar-refractivity contribution in [2.24, 2.45) is 11.8 Å². The van der Waals surface area contributed by atoms with Gasteiger partial charge < -0.3 is 15.5 Å². The molecule has 2 aliphatic carbocycles. The molecule has 2 fully saturated rings. The Bertz CT molecular complexity index is 1110. The number of carbonyl (C=O) groups is 1. The summed E-state index contributed by atoms with van der Waals surface area (Å²) in [6.07, 6.45) is 4.13. The van der Waals surface area contributed by atoms with Gasteiger partial charge in [-0.1, -0.05) is 43.2 Å². The molecule has 0 radical (unpaired) electrons. The van der Waals surface area contributed by atoms with Gasteiger partial charge in [0.05, 0.1) is 12.1 Å². The van der Waals surface area contributed by atoms with E-state index in [2.05, 4.69) is 21.6 Å². The van der Waals surface area contributed by atoms with Gasteiger partial charge in [-0.05, 0) is 79.3 Å². The van der Waals surface area contributed by atoms with E-state index in [0.717, 1.165) is 43.7 Å². The third kappa shape index (κ3) is 7.76. The second-order valence-corrected chi connectivity index (χ2v) is 11.6. The lowest BCUT2D eigenvalue weighted by molar-refractivity contribution is -0.139. The lowest BCUT2D eigenvalue weighted by Crippen LogP contribution is -2.40. The molecule has 2 saturated carbocycles. The number of anilines is 1. The van der Waals surface area contributed by atoms with E-state index >= 15 is 0 Å². The van der Waals surface area contributed by atoms with Crippen LogP contribution in [-0.2, 0) is 30.5 Å². The van der Waals surface area contributed by atoms with Gasteiger partial charge in [-0.2, -0.15) is 13.2 Å². The third-order valence-electron chi connectivity index (χ3n) is 8.49. The molecule has 0 spiro atoms. The van der Waals surface area contributed by atoms with Gasteiger partial charge in [-0.15, -0.1) is 0 Å². The average molecular weight is 543 g/mol. The van der Waals surface area contributed by atoms with Crippen molar-refractivity contribution in [3.63, 3.8) is 0 Å². The van der Waals surface area contributed by atoms with Gasteiger partial charge in [0.15, 0.2) is 0 Å². The van der Waals surface area contributed by atoms with Crippen LogP contribution in [0.5, 0.6) is 0 Å². The fourth-order valence-corrected chi connectivity index (χ4v) is 6.10. The molecule has 0 aromatic heterocycles.